The molecule has 108 valence electrons. The summed E-state index contributed by atoms with van der Waals surface area (Å²) in [6.45, 7) is 3.97. The van der Waals surface area contributed by atoms with E-state index >= 15 is 0 Å². The SMILES string of the molecule is CC(C)c1nnc(SCC(=O)O)n1-c1cccc(C#N)c1. The lowest BCUT2D eigenvalue weighted by atomic mass is 10.2. The topological polar surface area (TPSA) is 91.8 Å². The van der Waals surface area contributed by atoms with E-state index in [1.165, 1.54) is 0 Å². The minimum Gasteiger partial charge on any atom is -0.481 e. The van der Waals surface area contributed by atoms with Crippen molar-refractivity contribution in [1.29, 1.82) is 5.26 Å². The Morgan fingerprint density at radius 1 is 1.48 bits per heavy atom. The summed E-state index contributed by atoms with van der Waals surface area (Å²) in [5.74, 6) is -0.138. The Balaban J connectivity index is 2.50. The molecule has 0 fully saturated rings. The van der Waals surface area contributed by atoms with Crippen LogP contribution in [0.3, 0.4) is 0 Å². The van der Waals surface area contributed by atoms with Crippen molar-refractivity contribution in [2.45, 2.75) is 24.9 Å². The van der Waals surface area contributed by atoms with Gasteiger partial charge in [0.25, 0.3) is 0 Å². The molecular formula is C14H14N4O2S. The standard InChI is InChI=1S/C14H14N4O2S/c1-9(2)13-16-17-14(21-8-12(19)20)18(13)11-5-3-4-10(6-11)7-15/h3-6,9H,8H2,1-2H3,(H,19,20). The van der Waals surface area contributed by atoms with Crippen molar-refractivity contribution in [2.24, 2.45) is 0 Å². The molecule has 0 atom stereocenters. The van der Waals surface area contributed by atoms with Crippen LogP contribution in [0.1, 0.15) is 31.2 Å². The van der Waals surface area contributed by atoms with Crippen LogP contribution in [0, 0.1) is 11.3 Å². The highest BCUT2D eigenvalue weighted by Gasteiger charge is 2.18. The Morgan fingerprint density at radius 2 is 2.24 bits per heavy atom. The fraction of sp³-hybridized carbons (Fsp3) is 0.286. The number of aliphatic carboxylic acids is 1. The number of benzene rings is 1. The number of hydrogen-bond donors (Lipinski definition) is 1. The lowest BCUT2D eigenvalue weighted by Crippen LogP contribution is -2.06. The number of nitriles is 1. The third-order valence-corrected chi connectivity index (χ3v) is 3.65. The Morgan fingerprint density at radius 3 is 2.86 bits per heavy atom. The first-order valence-corrected chi connectivity index (χ1v) is 7.32. The van der Waals surface area contributed by atoms with Crippen LogP contribution in [0.25, 0.3) is 5.69 Å². The summed E-state index contributed by atoms with van der Waals surface area (Å²) in [5, 5.41) is 26.5. The number of carboxylic acid groups (broad SMARTS) is 1. The van der Waals surface area contributed by atoms with Crippen LogP contribution in [-0.2, 0) is 4.79 Å². The average Bonchev–Trinajstić information content (AvgIpc) is 2.89. The fourth-order valence-corrected chi connectivity index (χ4v) is 2.51. The number of thioether (sulfide) groups is 1. The zero-order valence-corrected chi connectivity index (χ0v) is 12.5. The summed E-state index contributed by atoms with van der Waals surface area (Å²) in [6, 6.07) is 9.17. The van der Waals surface area contributed by atoms with Gasteiger partial charge in [-0.25, -0.2) is 0 Å². The quantitative estimate of drug-likeness (QED) is 0.853. The van der Waals surface area contributed by atoms with Crippen LogP contribution in [-0.4, -0.2) is 31.6 Å². The molecule has 1 aromatic heterocycles. The first-order chi connectivity index (χ1) is 10.0. The third-order valence-electron chi connectivity index (χ3n) is 2.73. The second-order valence-corrected chi connectivity index (χ2v) is 5.62. The van der Waals surface area contributed by atoms with Gasteiger partial charge in [-0.15, -0.1) is 10.2 Å². The minimum atomic E-state index is -0.911. The lowest BCUT2D eigenvalue weighted by Gasteiger charge is -2.11. The van der Waals surface area contributed by atoms with Gasteiger partial charge in [0, 0.05) is 5.92 Å². The zero-order chi connectivity index (χ0) is 15.4. The molecule has 0 aliphatic carbocycles. The van der Waals surface area contributed by atoms with E-state index in [9.17, 15) is 4.79 Å². The molecule has 0 unspecified atom stereocenters. The Hall–Kier alpha value is -2.33. The average molecular weight is 302 g/mol. The number of nitrogens with zero attached hydrogens (tertiary/aromatic N) is 4. The van der Waals surface area contributed by atoms with E-state index in [1.807, 2.05) is 19.9 Å². The van der Waals surface area contributed by atoms with Gasteiger partial charge < -0.3 is 5.11 Å². The van der Waals surface area contributed by atoms with Gasteiger partial charge >= 0.3 is 5.97 Å². The van der Waals surface area contributed by atoms with Gasteiger partial charge in [-0.3, -0.25) is 9.36 Å². The van der Waals surface area contributed by atoms with Crippen LogP contribution >= 0.6 is 11.8 Å². The first kappa shape index (κ1) is 15.1. The van der Waals surface area contributed by atoms with Gasteiger partial charge in [0.1, 0.15) is 5.82 Å². The molecule has 1 N–H and O–H groups in total. The molecule has 21 heavy (non-hydrogen) atoms. The van der Waals surface area contributed by atoms with Gasteiger partial charge in [0.15, 0.2) is 5.16 Å². The van der Waals surface area contributed by atoms with Crippen LogP contribution in [0.5, 0.6) is 0 Å². The molecule has 0 bridgehead atoms. The number of hydrogen-bond acceptors (Lipinski definition) is 5. The van der Waals surface area contributed by atoms with Crippen molar-refractivity contribution >= 4 is 17.7 Å². The number of carboxylic acids is 1. The van der Waals surface area contributed by atoms with E-state index in [-0.39, 0.29) is 11.7 Å². The van der Waals surface area contributed by atoms with Crippen LogP contribution in [0.4, 0.5) is 0 Å². The number of carbonyl (C=O) groups is 1. The number of rotatable bonds is 5. The fourth-order valence-electron chi connectivity index (χ4n) is 1.83. The highest BCUT2D eigenvalue weighted by molar-refractivity contribution is 7.99. The molecule has 2 aromatic rings. The van der Waals surface area contributed by atoms with Crippen molar-refractivity contribution < 1.29 is 9.90 Å². The summed E-state index contributed by atoms with van der Waals surface area (Å²) >= 11 is 1.11. The van der Waals surface area contributed by atoms with E-state index in [1.54, 1.807) is 22.8 Å². The third kappa shape index (κ3) is 3.41. The highest BCUT2D eigenvalue weighted by atomic mass is 32.2. The minimum absolute atomic E-state index is 0.0891. The predicted molar refractivity (Wildman–Crippen MR) is 78.5 cm³/mol. The molecule has 0 radical (unpaired) electrons. The van der Waals surface area contributed by atoms with E-state index in [4.69, 9.17) is 10.4 Å². The maximum absolute atomic E-state index is 10.7. The van der Waals surface area contributed by atoms with Gasteiger partial charge in [0.05, 0.1) is 23.1 Å². The normalized spacial score (nSPS) is 10.6. The molecular weight excluding hydrogens is 288 g/mol. The van der Waals surface area contributed by atoms with Crippen molar-refractivity contribution in [2.75, 3.05) is 5.75 Å². The van der Waals surface area contributed by atoms with E-state index in [2.05, 4.69) is 16.3 Å². The van der Waals surface area contributed by atoms with Crippen molar-refractivity contribution in [1.82, 2.24) is 14.8 Å². The monoisotopic (exact) mass is 302 g/mol. The van der Waals surface area contributed by atoms with Gasteiger partial charge in [0.2, 0.25) is 0 Å². The van der Waals surface area contributed by atoms with E-state index in [0.717, 1.165) is 23.3 Å². The molecule has 2 rings (SSSR count). The van der Waals surface area contributed by atoms with Crippen molar-refractivity contribution in [3.05, 3.63) is 35.7 Å². The maximum atomic E-state index is 10.7. The van der Waals surface area contributed by atoms with Crippen LogP contribution < -0.4 is 0 Å². The molecule has 0 aliphatic rings. The molecule has 0 saturated heterocycles. The second kappa shape index (κ2) is 6.41. The summed E-state index contributed by atoms with van der Waals surface area (Å²) in [7, 11) is 0. The largest absolute Gasteiger partial charge is 0.481 e. The predicted octanol–water partition coefficient (Wildman–Crippen LogP) is 2.44. The molecule has 0 amide bonds. The molecule has 6 nitrogen and oxygen atoms in total. The van der Waals surface area contributed by atoms with Crippen molar-refractivity contribution in [3.63, 3.8) is 0 Å². The Labute approximate surface area is 126 Å². The molecule has 0 saturated carbocycles. The summed E-state index contributed by atoms with van der Waals surface area (Å²) in [4.78, 5) is 10.7. The highest BCUT2D eigenvalue weighted by Crippen LogP contribution is 2.26. The van der Waals surface area contributed by atoms with Crippen LogP contribution in [0.15, 0.2) is 29.4 Å². The molecule has 7 heteroatoms. The van der Waals surface area contributed by atoms with Gasteiger partial charge in [-0.05, 0) is 18.2 Å². The second-order valence-electron chi connectivity index (χ2n) is 4.68. The maximum Gasteiger partial charge on any atom is 0.313 e. The Kier molecular flexibility index (Phi) is 4.60. The molecule has 1 aromatic carbocycles. The Bertz CT molecular complexity index is 703. The van der Waals surface area contributed by atoms with Crippen molar-refractivity contribution in [3.8, 4) is 11.8 Å². The molecule has 0 aliphatic heterocycles. The summed E-state index contributed by atoms with van der Waals surface area (Å²) < 4.78 is 1.80. The molecule has 0 spiro atoms. The smallest absolute Gasteiger partial charge is 0.313 e. The number of aromatic nitrogens is 3. The van der Waals surface area contributed by atoms with E-state index in [0.29, 0.717) is 10.7 Å². The molecule has 1 heterocycles. The van der Waals surface area contributed by atoms with Crippen LogP contribution in [0.2, 0.25) is 0 Å². The first-order valence-electron chi connectivity index (χ1n) is 6.33. The van der Waals surface area contributed by atoms with Gasteiger partial charge in [-0.1, -0.05) is 31.7 Å². The zero-order valence-electron chi connectivity index (χ0n) is 11.6. The van der Waals surface area contributed by atoms with E-state index < -0.39 is 5.97 Å². The summed E-state index contributed by atoms with van der Waals surface area (Å²) in [6.07, 6.45) is 0. The van der Waals surface area contributed by atoms with Gasteiger partial charge in [-0.2, -0.15) is 5.26 Å². The summed E-state index contributed by atoms with van der Waals surface area (Å²) in [5.41, 5.74) is 1.29. The lowest BCUT2D eigenvalue weighted by molar-refractivity contribution is -0.133.